The molecule has 1 unspecified atom stereocenters. The largest absolute Gasteiger partial charge is 0.354 e. The maximum atomic E-state index is 12.3. The van der Waals surface area contributed by atoms with Crippen LogP contribution in [0.25, 0.3) is 0 Å². The van der Waals surface area contributed by atoms with Crippen LogP contribution >= 0.6 is 0 Å². The van der Waals surface area contributed by atoms with E-state index < -0.39 is 0 Å². The molecule has 0 saturated carbocycles. The predicted molar refractivity (Wildman–Crippen MR) is 82.7 cm³/mol. The molecule has 1 aliphatic heterocycles. The van der Waals surface area contributed by atoms with E-state index in [0.717, 1.165) is 19.3 Å². The molecule has 4 nitrogen and oxygen atoms in total. The van der Waals surface area contributed by atoms with Gasteiger partial charge in [0.2, 0.25) is 11.8 Å². The van der Waals surface area contributed by atoms with Crippen LogP contribution in [0.3, 0.4) is 0 Å². The van der Waals surface area contributed by atoms with Crippen molar-refractivity contribution >= 4 is 11.8 Å². The lowest BCUT2D eigenvalue weighted by Crippen LogP contribution is -2.47. The van der Waals surface area contributed by atoms with Gasteiger partial charge in [0.15, 0.2) is 0 Å². The van der Waals surface area contributed by atoms with Gasteiger partial charge in [0, 0.05) is 19.0 Å². The third-order valence-corrected chi connectivity index (χ3v) is 3.89. The molecule has 1 atom stereocenters. The smallest absolute Gasteiger partial charge is 0.242 e. The summed E-state index contributed by atoms with van der Waals surface area (Å²) in [5, 5.41) is 2.96. The van der Waals surface area contributed by atoms with E-state index in [0.29, 0.717) is 13.1 Å². The zero-order chi connectivity index (χ0) is 15.2. The van der Waals surface area contributed by atoms with Gasteiger partial charge in [0.1, 0.15) is 6.04 Å². The maximum Gasteiger partial charge on any atom is 0.242 e. The van der Waals surface area contributed by atoms with Crippen molar-refractivity contribution in [3.8, 4) is 0 Å². The Morgan fingerprint density at radius 3 is 2.67 bits per heavy atom. The first-order valence-electron chi connectivity index (χ1n) is 7.71. The second kappa shape index (κ2) is 7.25. The standard InChI is InChI=1S/C17H24N2O2/c1-13(2)17(21)19-12-6-9-15(19)16(20)18-11-10-14-7-4-3-5-8-14/h3-5,7-8,13,15H,6,9-12H2,1-2H3,(H,18,20). The molecule has 1 aromatic rings. The Bertz CT molecular complexity index is 485. The van der Waals surface area contributed by atoms with E-state index in [9.17, 15) is 9.59 Å². The highest BCUT2D eigenvalue weighted by Crippen LogP contribution is 2.19. The van der Waals surface area contributed by atoms with Gasteiger partial charge in [-0.3, -0.25) is 9.59 Å². The van der Waals surface area contributed by atoms with E-state index in [1.807, 2.05) is 32.0 Å². The number of hydrogen-bond donors (Lipinski definition) is 1. The van der Waals surface area contributed by atoms with Crippen LogP contribution in [0, 0.1) is 5.92 Å². The number of carbonyl (C=O) groups excluding carboxylic acids is 2. The zero-order valence-electron chi connectivity index (χ0n) is 12.8. The van der Waals surface area contributed by atoms with Gasteiger partial charge in [-0.25, -0.2) is 0 Å². The Hall–Kier alpha value is -1.84. The van der Waals surface area contributed by atoms with Crippen LogP contribution in [0.15, 0.2) is 30.3 Å². The van der Waals surface area contributed by atoms with Gasteiger partial charge in [0.05, 0.1) is 0 Å². The molecule has 1 saturated heterocycles. The van der Waals surface area contributed by atoms with Crippen molar-refractivity contribution in [2.45, 2.75) is 39.2 Å². The molecule has 4 heteroatoms. The first kappa shape index (κ1) is 15.5. The Labute approximate surface area is 126 Å². The fourth-order valence-electron chi connectivity index (χ4n) is 2.73. The van der Waals surface area contributed by atoms with Crippen molar-refractivity contribution in [3.05, 3.63) is 35.9 Å². The van der Waals surface area contributed by atoms with Crippen LogP contribution in [-0.2, 0) is 16.0 Å². The number of amides is 2. The van der Waals surface area contributed by atoms with E-state index in [2.05, 4.69) is 17.4 Å². The molecule has 114 valence electrons. The molecule has 1 heterocycles. The lowest BCUT2D eigenvalue weighted by atomic mass is 10.1. The highest BCUT2D eigenvalue weighted by Gasteiger charge is 2.34. The molecule has 2 amide bonds. The fraction of sp³-hybridized carbons (Fsp3) is 0.529. The zero-order valence-corrected chi connectivity index (χ0v) is 12.8. The van der Waals surface area contributed by atoms with Crippen molar-refractivity contribution in [3.63, 3.8) is 0 Å². The van der Waals surface area contributed by atoms with Crippen LogP contribution in [0.2, 0.25) is 0 Å². The van der Waals surface area contributed by atoms with Gasteiger partial charge in [-0.2, -0.15) is 0 Å². The minimum absolute atomic E-state index is 0.0163. The Balaban J connectivity index is 1.83. The second-order valence-electron chi connectivity index (χ2n) is 5.87. The predicted octanol–water partition coefficient (Wildman–Crippen LogP) is 1.99. The third kappa shape index (κ3) is 4.06. The summed E-state index contributed by atoms with van der Waals surface area (Å²) < 4.78 is 0. The summed E-state index contributed by atoms with van der Waals surface area (Å²) in [6, 6.07) is 9.80. The topological polar surface area (TPSA) is 49.4 Å². The molecule has 21 heavy (non-hydrogen) atoms. The summed E-state index contributed by atoms with van der Waals surface area (Å²) in [5.41, 5.74) is 1.21. The van der Waals surface area contributed by atoms with E-state index in [1.54, 1.807) is 4.90 Å². The van der Waals surface area contributed by atoms with E-state index >= 15 is 0 Å². The van der Waals surface area contributed by atoms with Gasteiger partial charge in [0.25, 0.3) is 0 Å². The van der Waals surface area contributed by atoms with Crippen LogP contribution in [0.4, 0.5) is 0 Å². The average molecular weight is 288 g/mol. The molecule has 0 aliphatic carbocycles. The summed E-state index contributed by atoms with van der Waals surface area (Å²) in [6.45, 7) is 5.08. The number of hydrogen-bond acceptors (Lipinski definition) is 2. The molecular formula is C17H24N2O2. The molecule has 0 radical (unpaired) electrons. The number of likely N-dealkylation sites (tertiary alicyclic amines) is 1. The van der Waals surface area contributed by atoms with Crippen molar-refractivity contribution in [1.29, 1.82) is 0 Å². The summed E-state index contributed by atoms with van der Waals surface area (Å²) in [6.07, 6.45) is 2.50. The van der Waals surface area contributed by atoms with Crippen LogP contribution in [0.5, 0.6) is 0 Å². The van der Waals surface area contributed by atoms with Crippen molar-refractivity contribution in [1.82, 2.24) is 10.2 Å². The monoisotopic (exact) mass is 288 g/mol. The Morgan fingerprint density at radius 2 is 2.00 bits per heavy atom. The van der Waals surface area contributed by atoms with Gasteiger partial charge < -0.3 is 10.2 Å². The average Bonchev–Trinajstić information content (AvgIpc) is 2.96. The highest BCUT2D eigenvalue weighted by molar-refractivity contribution is 5.88. The molecule has 1 aromatic carbocycles. The SMILES string of the molecule is CC(C)C(=O)N1CCCC1C(=O)NCCc1ccccc1. The normalized spacial score (nSPS) is 18.0. The number of carbonyl (C=O) groups is 2. The van der Waals surface area contributed by atoms with E-state index in [4.69, 9.17) is 0 Å². The van der Waals surface area contributed by atoms with E-state index in [1.165, 1.54) is 5.56 Å². The molecule has 1 fully saturated rings. The number of rotatable bonds is 5. The third-order valence-electron chi connectivity index (χ3n) is 3.89. The van der Waals surface area contributed by atoms with Gasteiger partial charge >= 0.3 is 0 Å². The minimum atomic E-state index is -0.282. The van der Waals surface area contributed by atoms with Gasteiger partial charge in [-0.15, -0.1) is 0 Å². The Kier molecular flexibility index (Phi) is 5.37. The van der Waals surface area contributed by atoms with Crippen LogP contribution < -0.4 is 5.32 Å². The summed E-state index contributed by atoms with van der Waals surface area (Å²) in [7, 11) is 0. The number of benzene rings is 1. The highest BCUT2D eigenvalue weighted by atomic mass is 16.2. The summed E-state index contributed by atoms with van der Waals surface area (Å²) >= 11 is 0. The van der Waals surface area contributed by atoms with Gasteiger partial charge in [-0.05, 0) is 24.8 Å². The molecule has 0 bridgehead atoms. The van der Waals surface area contributed by atoms with Crippen LogP contribution in [0.1, 0.15) is 32.3 Å². The lowest BCUT2D eigenvalue weighted by Gasteiger charge is -2.25. The molecule has 1 N–H and O–H groups in total. The summed E-state index contributed by atoms with van der Waals surface area (Å²) in [4.78, 5) is 26.1. The second-order valence-corrected chi connectivity index (χ2v) is 5.87. The fourth-order valence-corrected chi connectivity index (χ4v) is 2.73. The van der Waals surface area contributed by atoms with Crippen molar-refractivity contribution in [2.24, 2.45) is 5.92 Å². The van der Waals surface area contributed by atoms with Crippen LogP contribution in [-0.4, -0.2) is 35.8 Å². The minimum Gasteiger partial charge on any atom is -0.354 e. The molecule has 2 rings (SSSR count). The van der Waals surface area contributed by atoms with E-state index in [-0.39, 0.29) is 23.8 Å². The van der Waals surface area contributed by atoms with Crippen molar-refractivity contribution in [2.75, 3.05) is 13.1 Å². The molecule has 0 spiro atoms. The number of nitrogens with one attached hydrogen (secondary N) is 1. The Morgan fingerprint density at radius 1 is 1.29 bits per heavy atom. The number of nitrogens with zero attached hydrogens (tertiary/aromatic N) is 1. The first-order chi connectivity index (χ1) is 10.1. The molecule has 0 aromatic heterocycles. The summed E-state index contributed by atoms with van der Waals surface area (Å²) in [5.74, 6) is 0.0101. The first-order valence-corrected chi connectivity index (χ1v) is 7.71. The van der Waals surface area contributed by atoms with Crippen molar-refractivity contribution < 1.29 is 9.59 Å². The molecule has 1 aliphatic rings. The lowest BCUT2D eigenvalue weighted by molar-refractivity contribution is -0.140. The quantitative estimate of drug-likeness (QED) is 0.901. The maximum absolute atomic E-state index is 12.3. The van der Waals surface area contributed by atoms with Gasteiger partial charge in [-0.1, -0.05) is 44.2 Å². The molecular weight excluding hydrogens is 264 g/mol.